The summed E-state index contributed by atoms with van der Waals surface area (Å²) in [7, 11) is 0. The molecule has 1 saturated heterocycles. The Balaban J connectivity index is 2.11. The first kappa shape index (κ1) is 23.4. The van der Waals surface area contributed by atoms with Crippen molar-refractivity contribution >= 4 is 41.5 Å². The molecule has 164 valence electrons. The molecule has 2 rings (SSSR count). The van der Waals surface area contributed by atoms with Crippen LogP contribution in [0.25, 0.3) is 0 Å². The topological polar surface area (TPSA) is 176 Å². The Kier molecular flexibility index (Phi) is 7.26. The van der Waals surface area contributed by atoms with Crippen LogP contribution >= 0.6 is 11.8 Å². The minimum atomic E-state index is -1.57. The average Bonchev–Trinajstić information content (AvgIpc) is 2.68. The lowest BCUT2D eigenvalue weighted by atomic mass is 9.91. The Bertz CT molecular complexity index is 826. The second kappa shape index (κ2) is 9.30. The van der Waals surface area contributed by atoms with E-state index in [-0.39, 0.29) is 42.9 Å². The predicted octanol–water partition coefficient (Wildman–Crippen LogP) is -0.573. The first-order valence-electron chi connectivity index (χ1n) is 9.00. The van der Waals surface area contributed by atoms with Crippen LogP contribution in [0.2, 0.25) is 0 Å². The van der Waals surface area contributed by atoms with Gasteiger partial charge >= 0.3 is 17.9 Å². The highest BCUT2D eigenvalue weighted by Gasteiger charge is 2.55. The number of carbonyl (C=O) groups excluding carboxylic acids is 3. The molecule has 3 unspecified atom stereocenters. The Morgan fingerprint density at radius 1 is 1.40 bits per heavy atom. The Morgan fingerprint density at radius 3 is 2.60 bits per heavy atom. The van der Waals surface area contributed by atoms with Crippen LogP contribution in [0.5, 0.6) is 0 Å². The van der Waals surface area contributed by atoms with Crippen LogP contribution in [0, 0.1) is 0 Å². The number of hydrogen-bond acceptors (Lipinski definition) is 8. The maximum absolute atomic E-state index is 12.6. The molecular formula is C18H23N3O8S. The van der Waals surface area contributed by atoms with Gasteiger partial charge in [-0.25, -0.2) is 4.79 Å². The minimum Gasteiger partial charge on any atom is -0.481 e. The molecule has 5 N–H and O–H groups in total. The molecule has 0 radical (unpaired) electrons. The van der Waals surface area contributed by atoms with Gasteiger partial charge in [0.2, 0.25) is 5.91 Å². The number of aliphatic carboxylic acids is 2. The van der Waals surface area contributed by atoms with Gasteiger partial charge in [-0.1, -0.05) is 6.08 Å². The number of nitrogens with zero attached hydrogens (tertiary/aromatic N) is 1. The molecule has 0 aromatic carbocycles. The van der Waals surface area contributed by atoms with Gasteiger partial charge < -0.3 is 26.0 Å². The lowest BCUT2D eigenvalue weighted by Gasteiger charge is -2.49. The quantitative estimate of drug-likeness (QED) is 0.195. The van der Waals surface area contributed by atoms with Gasteiger partial charge in [0, 0.05) is 24.7 Å². The maximum atomic E-state index is 12.6. The van der Waals surface area contributed by atoms with E-state index in [1.807, 2.05) is 0 Å². The molecule has 0 bridgehead atoms. The molecule has 0 aromatic heterocycles. The normalized spacial score (nSPS) is 22.3. The van der Waals surface area contributed by atoms with Crippen LogP contribution in [-0.4, -0.2) is 74.1 Å². The van der Waals surface area contributed by atoms with E-state index in [0.717, 1.165) is 4.90 Å². The molecule has 11 nitrogen and oxygen atoms in total. The average molecular weight is 441 g/mol. The van der Waals surface area contributed by atoms with Gasteiger partial charge in [-0.2, -0.15) is 0 Å². The summed E-state index contributed by atoms with van der Waals surface area (Å²) in [5, 5.41) is 20.1. The zero-order valence-corrected chi connectivity index (χ0v) is 17.1. The van der Waals surface area contributed by atoms with E-state index in [0.29, 0.717) is 0 Å². The number of carbonyl (C=O) groups is 5. The zero-order valence-electron chi connectivity index (χ0n) is 16.3. The highest BCUT2D eigenvalue weighted by molar-refractivity contribution is 8.00. The number of nitrogens with two attached hydrogens (primary N) is 1. The number of hydrogen-bond donors (Lipinski definition) is 4. The fourth-order valence-electron chi connectivity index (χ4n) is 3.10. The van der Waals surface area contributed by atoms with E-state index in [2.05, 4.69) is 11.9 Å². The summed E-state index contributed by atoms with van der Waals surface area (Å²) in [5.74, 6) is -4.07. The zero-order chi connectivity index (χ0) is 22.6. The van der Waals surface area contributed by atoms with E-state index in [9.17, 15) is 29.1 Å². The summed E-state index contributed by atoms with van der Waals surface area (Å²) in [6.45, 7) is 4.47. The largest absolute Gasteiger partial charge is 0.481 e. The van der Waals surface area contributed by atoms with Crippen molar-refractivity contribution in [2.24, 2.45) is 5.73 Å². The molecule has 2 aliphatic heterocycles. The molecular weight excluding hydrogens is 418 g/mol. The molecule has 0 spiro atoms. The number of nitrogens with one attached hydrogen (secondary N) is 1. The molecule has 2 aliphatic rings. The smallest absolute Gasteiger partial charge is 0.352 e. The summed E-state index contributed by atoms with van der Waals surface area (Å²) >= 11 is 1.22. The van der Waals surface area contributed by atoms with E-state index < -0.39 is 46.7 Å². The third-order valence-corrected chi connectivity index (χ3v) is 6.09. The van der Waals surface area contributed by atoms with Gasteiger partial charge in [0.05, 0.1) is 0 Å². The van der Waals surface area contributed by atoms with Crippen LogP contribution in [0.1, 0.15) is 26.2 Å². The number of β-lactam (4-membered cyclic amide) rings is 1. The van der Waals surface area contributed by atoms with Crippen molar-refractivity contribution in [3.8, 4) is 0 Å². The molecule has 12 heteroatoms. The first-order chi connectivity index (χ1) is 14.0. The molecule has 2 amide bonds. The van der Waals surface area contributed by atoms with Crippen LogP contribution in [0.15, 0.2) is 23.9 Å². The van der Waals surface area contributed by atoms with Crippen LogP contribution < -0.4 is 11.1 Å². The van der Waals surface area contributed by atoms with Crippen LogP contribution in [-0.2, 0) is 28.7 Å². The molecule has 1 fully saturated rings. The molecule has 0 saturated carbocycles. The maximum Gasteiger partial charge on any atom is 0.352 e. The summed E-state index contributed by atoms with van der Waals surface area (Å²) in [6, 6.07) is -0.991. The lowest BCUT2D eigenvalue weighted by molar-refractivity contribution is -0.151. The standard InChI is InChI=1S/C18H23N3O8S/c1-3-18(19,6-4-5-11(23)24)17(28)20-12-14(25)21-13(16(26)27)10(7-29-9(2)22)8-30-15(12)21/h3,12,15H,1,4-8,19H2,2H3,(H,20,28)(H,23,24)(H,26,27). The number of rotatable bonds is 10. The van der Waals surface area contributed by atoms with Crippen molar-refractivity contribution in [2.75, 3.05) is 12.4 Å². The van der Waals surface area contributed by atoms with E-state index in [1.54, 1.807) is 0 Å². The fourth-order valence-corrected chi connectivity index (χ4v) is 4.43. The lowest BCUT2D eigenvalue weighted by Crippen LogP contribution is -2.72. The number of thioether (sulfide) groups is 1. The van der Waals surface area contributed by atoms with Crippen molar-refractivity contribution < 1.29 is 38.9 Å². The van der Waals surface area contributed by atoms with Crippen molar-refractivity contribution in [1.82, 2.24) is 10.2 Å². The Morgan fingerprint density at radius 2 is 2.07 bits per heavy atom. The molecule has 0 aromatic rings. The Labute approximate surface area is 176 Å². The van der Waals surface area contributed by atoms with E-state index in [1.165, 1.54) is 24.8 Å². The van der Waals surface area contributed by atoms with Gasteiger partial charge in [-0.3, -0.25) is 24.1 Å². The molecule has 3 atom stereocenters. The van der Waals surface area contributed by atoms with Crippen LogP contribution in [0.4, 0.5) is 0 Å². The number of ether oxygens (including phenoxy) is 1. The Hall–Kier alpha value is -2.86. The summed E-state index contributed by atoms with van der Waals surface area (Å²) < 4.78 is 4.86. The number of esters is 1. The van der Waals surface area contributed by atoms with Crippen molar-refractivity contribution in [3.05, 3.63) is 23.9 Å². The SMILES string of the molecule is C=CC(N)(CCCC(=O)O)C(=O)NC1C(=O)N2C(C(=O)O)=C(COC(C)=O)CSC12. The number of amides is 2. The first-order valence-corrected chi connectivity index (χ1v) is 10.0. The monoisotopic (exact) mass is 441 g/mol. The highest BCUT2D eigenvalue weighted by Crippen LogP contribution is 2.40. The van der Waals surface area contributed by atoms with Crippen molar-refractivity contribution in [1.29, 1.82) is 0 Å². The predicted molar refractivity (Wildman–Crippen MR) is 105 cm³/mol. The fraction of sp³-hybridized carbons (Fsp3) is 0.500. The molecule has 0 aliphatic carbocycles. The number of carboxylic acid groups (broad SMARTS) is 2. The second-order valence-electron chi connectivity index (χ2n) is 6.89. The van der Waals surface area contributed by atoms with Gasteiger partial charge in [0.25, 0.3) is 5.91 Å². The van der Waals surface area contributed by atoms with Crippen molar-refractivity contribution in [2.45, 2.75) is 43.1 Å². The van der Waals surface area contributed by atoms with Gasteiger partial charge in [0.15, 0.2) is 0 Å². The van der Waals surface area contributed by atoms with Gasteiger partial charge in [0.1, 0.15) is 29.3 Å². The van der Waals surface area contributed by atoms with Crippen molar-refractivity contribution in [3.63, 3.8) is 0 Å². The molecule has 30 heavy (non-hydrogen) atoms. The van der Waals surface area contributed by atoms with Crippen LogP contribution in [0.3, 0.4) is 0 Å². The number of carboxylic acids is 2. The summed E-state index contributed by atoms with van der Waals surface area (Å²) in [6.07, 6.45) is 1.18. The minimum absolute atomic E-state index is 0.0177. The second-order valence-corrected chi connectivity index (χ2v) is 8.00. The van der Waals surface area contributed by atoms with Gasteiger partial charge in [-0.05, 0) is 12.8 Å². The van der Waals surface area contributed by atoms with E-state index in [4.69, 9.17) is 15.6 Å². The summed E-state index contributed by atoms with van der Waals surface area (Å²) in [4.78, 5) is 59.7. The third kappa shape index (κ3) is 4.82. The van der Waals surface area contributed by atoms with E-state index >= 15 is 0 Å². The molecule has 2 heterocycles. The number of fused-ring (bicyclic) bond motifs is 1. The summed E-state index contributed by atoms with van der Waals surface area (Å²) in [5.41, 5.74) is 4.48. The third-order valence-electron chi connectivity index (χ3n) is 4.75. The van der Waals surface area contributed by atoms with Gasteiger partial charge in [-0.15, -0.1) is 18.3 Å². The highest BCUT2D eigenvalue weighted by atomic mass is 32.2.